The second kappa shape index (κ2) is 7.73. The number of hydrogen-bond acceptors (Lipinski definition) is 3. The number of nitrogens with one attached hydrogen (secondary N) is 1. The van der Waals surface area contributed by atoms with Crippen LogP contribution in [0.5, 0.6) is 0 Å². The summed E-state index contributed by atoms with van der Waals surface area (Å²) in [6.07, 6.45) is 3.00. The minimum absolute atomic E-state index is 0.0976. The van der Waals surface area contributed by atoms with Gasteiger partial charge in [-0.15, -0.1) is 9.24 Å². The third-order valence-electron chi connectivity index (χ3n) is 6.30. The molecule has 1 unspecified atom stereocenters. The van der Waals surface area contributed by atoms with Crippen LogP contribution in [0.2, 0.25) is 0 Å². The number of amides is 1. The Hall–Kier alpha value is -1.71. The molecule has 4 rings (SSSR count). The lowest BCUT2D eigenvalue weighted by Gasteiger charge is -2.33. The first-order chi connectivity index (χ1) is 13.1. The molecule has 6 heteroatoms. The maximum atomic E-state index is 13.1. The van der Waals surface area contributed by atoms with Crippen molar-refractivity contribution < 1.29 is 4.79 Å². The van der Waals surface area contributed by atoms with Gasteiger partial charge in [-0.05, 0) is 48.7 Å². The number of aromatic amines is 1. The first kappa shape index (κ1) is 18.6. The second-order valence-electron chi connectivity index (χ2n) is 7.78. The van der Waals surface area contributed by atoms with Gasteiger partial charge in [0.25, 0.3) is 5.91 Å². The van der Waals surface area contributed by atoms with Crippen LogP contribution in [-0.2, 0) is 13.0 Å². The monoisotopic (exact) mass is 384 g/mol. The lowest BCUT2D eigenvalue weighted by molar-refractivity contribution is 0.0704. The molecular formula is C21H29N4OP. The highest BCUT2D eigenvalue weighted by Gasteiger charge is 2.30. The fourth-order valence-electron chi connectivity index (χ4n) is 4.46. The molecule has 0 aliphatic carbocycles. The molecule has 27 heavy (non-hydrogen) atoms. The van der Waals surface area contributed by atoms with E-state index in [1.54, 1.807) is 0 Å². The predicted octanol–water partition coefficient (Wildman–Crippen LogP) is 2.62. The highest BCUT2D eigenvalue weighted by atomic mass is 31.0. The van der Waals surface area contributed by atoms with E-state index in [0.717, 1.165) is 63.2 Å². The Balaban J connectivity index is 1.45. The second-order valence-corrected chi connectivity index (χ2v) is 8.40. The number of rotatable bonds is 3. The van der Waals surface area contributed by atoms with Crippen molar-refractivity contribution in [2.45, 2.75) is 45.6 Å². The van der Waals surface area contributed by atoms with Gasteiger partial charge in [0.15, 0.2) is 5.69 Å². The van der Waals surface area contributed by atoms with Crippen LogP contribution in [0, 0.1) is 6.92 Å². The number of nitrogens with zero attached hydrogens (tertiary/aromatic N) is 3. The summed E-state index contributed by atoms with van der Waals surface area (Å²) in [6.45, 7) is 8.87. The number of carbonyl (C=O) groups excluding carboxylic acids is 1. The molecule has 1 aromatic carbocycles. The summed E-state index contributed by atoms with van der Waals surface area (Å²) in [5.41, 5.74) is 5.70. The number of hydrogen-bond donors (Lipinski definition) is 1. The number of likely N-dealkylation sites (N-methyl/N-ethyl adjacent to an activating group) is 1. The number of likely N-dealkylation sites (tertiary alicyclic amines) is 1. The highest BCUT2D eigenvalue weighted by molar-refractivity contribution is 7.27. The van der Waals surface area contributed by atoms with E-state index in [1.807, 2.05) is 4.90 Å². The van der Waals surface area contributed by atoms with Crippen molar-refractivity contribution in [3.8, 4) is 0 Å². The molecule has 1 saturated heterocycles. The van der Waals surface area contributed by atoms with E-state index in [-0.39, 0.29) is 5.91 Å². The van der Waals surface area contributed by atoms with Gasteiger partial charge in [-0.1, -0.05) is 25.1 Å². The molecule has 2 aliphatic rings. The van der Waals surface area contributed by atoms with E-state index in [0.29, 0.717) is 11.6 Å². The molecule has 2 aromatic rings. The number of fused-ring (bicyclic) bond motifs is 1. The molecule has 144 valence electrons. The summed E-state index contributed by atoms with van der Waals surface area (Å²) in [5.74, 6) is 0.638. The normalized spacial score (nSPS) is 18.6. The summed E-state index contributed by atoms with van der Waals surface area (Å²) in [4.78, 5) is 17.5. The zero-order valence-corrected chi connectivity index (χ0v) is 17.4. The zero-order valence-electron chi connectivity index (χ0n) is 16.3. The number of carbonyl (C=O) groups is 1. The van der Waals surface area contributed by atoms with Gasteiger partial charge in [-0.3, -0.25) is 14.8 Å². The Labute approximate surface area is 163 Å². The van der Waals surface area contributed by atoms with Crippen LogP contribution < -0.4 is 5.30 Å². The van der Waals surface area contributed by atoms with Crippen molar-refractivity contribution in [1.29, 1.82) is 0 Å². The summed E-state index contributed by atoms with van der Waals surface area (Å²) in [7, 11) is 2.83. The molecule has 1 amide bonds. The van der Waals surface area contributed by atoms with Crippen molar-refractivity contribution in [2.24, 2.45) is 0 Å². The molecule has 2 aliphatic heterocycles. The van der Waals surface area contributed by atoms with Gasteiger partial charge >= 0.3 is 0 Å². The Morgan fingerprint density at radius 3 is 2.81 bits per heavy atom. The van der Waals surface area contributed by atoms with Gasteiger partial charge in [-0.2, -0.15) is 5.10 Å². The number of piperidine rings is 1. The fourth-order valence-corrected chi connectivity index (χ4v) is 4.73. The topological polar surface area (TPSA) is 52.2 Å². The smallest absolute Gasteiger partial charge is 0.274 e. The van der Waals surface area contributed by atoms with E-state index in [9.17, 15) is 4.79 Å². The first-order valence-electron chi connectivity index (χ1n) is 10.0. The molecule has 1 N–H and O–H groups in total. The molecule has 0 radical (unpaired) electrons. The van der Waals surface area contributed by atoms with Crippen molar-refractivity contribution in [1.82, 2.24) is 20.0 Å². The highest BCUT2D eigenvalue weighted by Crippen LogP contribution is 2.31. The molecule has 3 heterocycles. The number of H-pyrrole nitrogens is 1. The van der Waals surface area contributed by atoms with Crippen LogP contribution in [0.25, 0.3) is 0 Å². The minimum atomic E-state index is 0.0976. The Kier molecular flexibility index (Phi) is 5.34. The zero-order chi connectivity index (χ0) is 19.0. The quantitative estimate of drug-likeness (QED) is 0.828. The van der Waals surface area contributed by atoms with Gasteiger partial charge in [-0.25, -0.2) is 0 Å². The SMILES string of the molecule is CCN1CCc2[nH]nc(C(=O)N3CCC(c4cccc(P)c4C)CC3)c2C1. The van der Waals surface area contributed by atoms with E-state index in [2.05, 4.69) is 56.4 Å². The van der Waals surface area contributed by atoms with Crippen LogP contribution in [0.4, 0.5) is 0 Å². The molecule has 0 saturated carbocycles. The van der Waals surface area contributed by atoms with Crippen molar-refractivity contribution in [3.05, 3.63) is 46.3 Å². The van der Waals surface area contributed by atoms with E-state index in [1.165, 1.54) is 16.4 Å². The molecular weight excluding hydrogens is 355 g/mol. The van der Waals surface area contributed by atoms with Crippen LogP contribution >= 0.6 is 9.24 Å². The molecule has 1 atom stereocenters. The fraction of sp³-hybridized carbons (Fsp3) is 0.524. The summed E-state index contributed by atoms with van der Waals surface area (Å²) < 4.78 is 0. The van der Waals surface area contributed by atoms with E-state index < -0.39 is 0 Å². The summed E-state index contributed by atoms with van der Waals surface area (Å²) in [5, 5.41) is 8.78. The average Bonchev–Trinajstić information content (AvgIpc) is 3.12. The minimum Gasteiger partial charge on any atom is -0.337 e. The molecule has 0 spiro atoms. The van der Waals surface area contributed by atoms with Crippen molar-refractivity contribution >= 4 is 20.5 Å². The van der Waals surface area contributed by atoms with Crippen LogP contribution in [0.3, 0.4) is 0 Å². The van der Waals surface area contributed by atoms with Gasteiger partial charge in [0.1, 0.15) is 0 Å². The largest absolute Gasteiger partial charge is 0.337 e. The third kappa shape index (κ3) is 3.55. The third-order valence-corrected chi connectivity index (χ3v) is 6.93. The first-order valence-corrected chi connectivity index (χ1v) is 10.6. The summed E-state index contributed by atoms with van der Waals surface area (Å²) in [6, 6.07) is 6.52. The Morgan fingerprint density at radius 1 is 1.30 bits per heavy atom. The predicted molar refractivity (Wildman–Crippen MR) is 112 cm³/mol. The van der Waals surface area contributed by atoms with Gasteiger partial charge < -0.3 is 4.90 Å². The van der Waals surface area contributed by atoms with Crippen molar-refractivity contribution in [3.63, 3.8) is 0 Å². The maximum Gasteiger partial charge on any atom is 0.274 e. The maximum absolute atomic E-state index is 13.1. The standard InChI is InChI=1S/C21H29N4OP/c1-3-24-10-9-18-17(13-24)20(23-22-18)21(26)25-11-7-15(8-12-25)16-5-4-6-19(27)14(16)2/h4-6,15H,3,7-13,27H2,1-2H3,(H,22,23). The molecule has 1 fully saturated rings. The summed E-state index contributed by atoms with van der Waals surface area (Å²) >= 11 is 0. The molecule has 1 aromatic heterocycles. The molecule has 5 nitrogen and oxygen atoms in total. The van der Waals surface area contributed by atoms with E-state index in [4.69, 9.17) is 0 Å². The van der Waals surface area contributed by atoms with Gasteiger partial charge in [0.2, 0.25) is 0 Å². The van der Waals surface area contributed by atoms with Gasteiger partial charge in [0.05, 0.1) is 0 Å². The average molecular weight is 384 g/mol. The Bertz CT molecular complexity index is 839. The number of aromatic nitrogens is 2. The molecule has 0 bridgehead atoms. The van der Waals surface area contributed by atoms with Gasteiger partial charge in [0, 0.05) is 43.9 Å². The van der Waals surface area contributed by atoms with Crippen LogP contribution in [-0.4, -0.2) is 52.1 Å². The lowest BCUT2D eigenvalue weighted by atomic mass is 9.86. The number of benzene rings is 1. The van der Waals surface area contributed by atoms with Crippen LogP contribution in [0.15, 0.2) is 18.2 Å². The van der Waals surface area contributed by atoms with Crippen molar-refractivity contribution in [2.75, 3.05) is 26.2 Å². The lowest BCUT2D eigenvalue weighted by Crippen LogP contribution is -2.39. The Morgan fingerprint density at radius 2 is 2.07 bits per heavy atom. The van der Waals surface area contributed by atoms with Crippen LogP contribution in [0.1, 0.15) is 58.6 Å². The van der Waals surface area contributed by atoms with E-state index >= 15 is 0 Å².